The third kappa shape index (κ3) is 5.18. The summed E-state index contributed by atoms with van der Waals surface area (Å²) in [5.74, 6) is 0. The molecule has 1 heterocycles. The van der Waals surface area contributed by atoms with Crippen LogP contribution in [0.15, 0.2) is 88.9 Å². The summed E-state index contributed by atoms with van der Waals surface area (Å²) in [6.45, 7) is 0.972. The molecular weight excluding hydrogens is 443 g/mol. The predicted molar refractivity (Wildman–Crippen MR) is 122 cm³/mol. The summed E-state index contributed by atoms with van der Waals surface area (Å²) in [6.07, 6.45) is 3.24. The quantitative estimate of drug-likeness (QED) is 0.193. The summed E-state index contributed by atoms with van der Waals surface area (Å²) in [6, 6.07) is 26.8. The fourth-order valence-electron chi connectivity index (χ4n) is 3.15. The average molecular weight is 465 g/mol. The van der Waals surface area contributed by atoms with Gasteiger partial charge in [0.25, 0.3) is 0 Å². The Labute approximate surface area is 181 Å². The maximum atomic E-state index is 10.9. The van der Waals surface area contributed by atoms with Crippen LogP contribution in [0.4, 0.5) is 0 Å². The number of aromatic nitrogens is 2. The molecule has 146 valence electrons. The Morgan fingerprint density at radius 1 is 0.897 bits per heavy atom. The van der Waals surface area contributed by atoms with Crippen molar-refractivity contribution in [1.82, 2.24) is 9.55 Å². The maximum absolute atomic E-state index is 10.9. The number of carbonyl (C=O) groups excluding carboxylic acids is 1. The topological polar surface area (TPSA) is 34.9 Å². The van der Waals surface area contributed by atoms with Crippen LogP contribution in [0.25, 0.3) is 11.0 Å². The number of aldehydes is 1. The van der Waals surface area contributed by atoms with Gasteiger partial charge in [-0.25, -0.2) is 0 Å². The number of hydrogen-bond acceptors (Lipinski definition) is 3. The van der Waals surface area contributed by atoms with Crippen LogP contribution in [0.3, 0.4) is 0 Å². The van der Waals surface area contributed by atoms with Crippen molar-refractivity contribution in [2.24, 2.45) is 0 Å². The van der Waals surface area contributed by atoms with E-state index in [2.05, 4.69) is 53.1 Å². The number of benzene rings is 3. The van der Waals surface area contributed by atoms with Crippen molar-refractivity contribution in [2.75, 3.05) is 0 Å². The molecule has 4 rings (SSSR count). The predicted octanol–water partition coefficient (Wildman–Crippen LogP) is 5.23. The number of fused-ring (bicyclic) bond motifs is 1. The Kier molecular flexibility index (Phi) is 6.83. The molecule has 0 saturated carbocycles. The van der Waals surface area contributed by atoms with E-state index >= 15 is 0 Å². The minimum atomic E-state index is 0.552. The fraction of sp³-hybridized carbons (Fsp3) is 0.167. The Morgan fingerprint density at radius 3 is 2.45 bits per heavy atom. The van der Waals surface area contributed by atoms with Gasteiger partial charge in [-0.3, -0.25) is 4.79 Å². The van der Waals surface area contributed by atoms with Gasteiger partial charge in [0.05, 0.1) is 0 Å². The second-order valence-corrected chi connectivity index (χ2v) is 10.2. The van der Waals surface area contributed by atoms with Gasteiger partial charge in [-0.15, -0.1) is 0 Å². The first-order valence-corrected chi connectivity index (χ1v) is 12.6. The van der Waals surface area contributed by atoms with Crippen molar-refractivity contribution in [3.63, 3.8) is 0 Å². The molecule has 0 unspecified atom stereocenters. The third-order valence-corrected chi connectivity index (χ3v) is 7.94. The monoisotopic (exact) mass is 466 g/mol. The summed E-state index contributed by atoms with van der Waals surface area (Å²) in [7, 11) is 0. The van der Waals surface area contributed by atoms with Crippen LogP contribution in [0.5, 0.6) is 0 Å². The molecule has 0 aliphatic carbocycles. The van der Waals surface area contributed by atoms with Gasteiger partial charge in [-0.2, -0.15) is 0 Å². The van der Waals surface area contributed by atoms with Gasteiger partial charge in [0.1, 0.15) is 0 Å². The number of unbranched alkanes of at least 4 members (excludes halogenated alkanes) is 1. The Bertz CT molecular complexity index is 1080. The number of aryl methyl sites for hydroxylation is 1. The summed E-state index contributed by atoms with van der Waals surface area (Å²) >= 11 is 2.21. The van der Waals surface area contributed by atoms with E-state index in [1.807, 2.05) is 30.3 Å². The molecule has 3 nitrogen and oxygen atoms in total. The number of rotatable bonds is 9. The number of carbonyl (C=O) groups is 1. The van der Waals surface area contributed by atoms with E-state index in [0.29, 0.717) is 20.5 Å². The molecule has 0 bridgehead atoms. The Morgan fingerprint density at radius 2 is 1.66 bits per heavy atom. The second-order valence-electron chi connectivity index (χ2n) is 6.69. The first kappa shape index (κ1) is 20.0. The minimum absolute atomic E-state index is 0.552. The van der Waals surface area contributed by atoms with Crippen LogP contribution < -0.4 is 4.46 Å². The van der Waals surface area contributed by atoms with Crippen LogP contribution in [0, 0.1) is 0 Å². The normalized spacial score (nSPS) is 11.0. The second kappa shape index (κ2) is 9.93. The van der Waals surface area contributed by atoms with Gasteiger partial charge < -0.3 is 0 Å². The first-order chi connectivity index (χ1) is 14.3. The van der Waals surface area contributed by atoms with Gasteiger partial charge >= 0.3 is 177 Å². The molecule has 4 aromatic rings. The molecule has 0 aliphatic heterocycles. The Hall–Kier alpha value is -2.33. The standard InChI is InChI=1S/C24H22N2OSSe/c27-18-19-12-14-20(15-13-19)28-24-25-22-10-4-5-11-23(22)26(24)16-6-7-17-29-21-8-2-1-3-9-21/h1-5,8-15,18H,6-7,16-17H2. The van der Waals surface area contributed by atoms with Crippen LogP contribution in [-0.4, -0.2) is 30.8 Å². The van der Waals surface area contributed by atoms with E-state index < -0.39 is 0 Å². The molecule has 0 radical (unpaired) electrons. The average Bonchev–Trinajstić information content (AvgIpc) is 3.12. The molecule has 5 heteroatoms. The first-order valence-electron chi connectivity index (χ1n) is 9.70. The van der Waals surface area contributed by atoms with E-state index in [4.69, 9.17) is 4.98 Å². The van der Waals surface area contributed by atoms with Crippen molar-refractivity contribution in [3.05, 3.63) is 84.4 Å². The van der Waals surface area contributed by atoms with Crippen LogP contribution in [0.1, 0.15) is 23.2 Å². The van der Waals surface area contributed by atoms with Crippen LogP contribution >= 0.6 is 11.8 Å². The molecule has 0 atom stereocenters. The van der Waals surface area contributed by atoms with Gasteiger partial charge in [-0.05, 0) is 0 Å². The van der Waals surface area contributed by atoms with Crippen molar-refractivity contribution in [3.8, 4) is 0 Å². The molecule has 0 spiro atoms. The van der Waals surface area contributed by atoms with Crippen molar-refractivity contribution in [2.45, 2.75) is 34.8 Å². The molecule has 0 aliphatic rings. The van der Waals surface area contributed by atoms with Gasteiger partial charge in [0.2, 0.25) is 0 Å². The van der Waals surface area contributed by atoms with Gasteiger partial charge in [0.15, 0.2) is 0 Å². The third-order valence-electron chi connectivity index (χ3n) is 4.63. The molecule has 29 heavy (non-hydrogen) atoms. The SMILES string of the molecule is O=Cc1ccc(Sc2nc3ccccc3n2CCCC[Se]c2ccccc2)cc1. The van der Waals surface area contributed by atoms with E-state index in [0.717, 1.165) is 34.8 Å². The summed E-state index contributed by atoms with van der Waals surface area (Å²) in [5, 5.41) is 2.28. The molecule has 0 fully saturated rings. The number of hydrogen-bond donors (Lipinski definition) is 0. The summed E-state index contributed by atoms with van der Waals surface area (Å²) in [5.41, 5.74) is 2.92. The molecular formula is C24H22N2OSSe. The molecule has 0 amide bonds. The molecule has 1 aromatic heterocycles. The number of nitrogens with zero attached hydrogens (tertiary/aromatic N) is 2. The van der Waals surface area contributed by atoms with E-state index in [9.17, 15) is 4.79 Å². The van der Waals surface area contributed by atoms with Crippen molar-refractivity contribution >= 4 is 48.5 Å². The summed E-state index contributed by atoms with van der Waals surface area (Å²) in [4.78, 5) is 16.8. The summed E-state index contributed by atoms with van der Waals surface area (Å²) < 4.78 is 3.81. The fourth-order valence-corrected chi connectivity index (χ4v) is 6.03. The van der Waals surface area contributed by atoms with E-state index in [-0.39, 0.29) is 0 Å². The van der Waals surface area contributed by atoms with Crippen LogP contribution in [0.2, 0.25) is 5.32 Å². The van der Waals surface area contributed by atoms with Crippen molar-refractivity contribution in [1.29, 1.82) is 0 Å². The zero-order chi connectivity index (χ0) is 19.9. The Balaban J connectivity index is 1.44. The van der Waals surface area contributed by atoms with Crippen LogP contribution in [-0.2, 0) is 6.54 Å². The van der Waals surface area contributed by atoms with E-state index in [1.54, 1.807) is 11.8 Å². The van der Waals surface area contributed by atoms with Crippen molar-refractivity contribution < 1.29 is 4.79 Å². The van der Waals surface area contributed by atoms with Gasteiger partial charge in [-0.1, -0.05) is 0 Å². The molecule has 0 N–H and O–H groups in total. The number of imidazole rings is 1. The molecule has 3 aromatic carbocycles. The van der Waals surface area contributed by atoms with Gasteiger partial charge in [0, 0.05) is 0 Å². The molecule has 0 saturated heterocycles. The number of para-hydroxylation sites is 2. The zero-order valence-corrected chi connectivity index (χ0v) is 18.6. The van der Waals surface area contributed by atoms with E-state index in [1.165, 1.54) is 21.7 Å². The zero-order valence-electron chi connectivity index (χ0n) is 16.0.